The quantitative estimate of drug-likeness (QED) is 0.608. The second-order valence-electron chi connectivity index (χ2n) is 6.64. The molecular weight excluding hydrogens is 370 g/mol. The van der Waals surface area contributed by atoms with Gasteiger partial charge in [-0.1, -0.05) is 48.0 Å². The molecule has 2 aromatic carbocycles. The van der Waals surface area contributed by atoms with Gasteiger partial charge in [-0.15, -0.1) is 0 Å². The summed E-state index contributed by atoms with van der Waals surface area (Å²) in [6, 6.07) is 17.7. The van der Waals surface area contributed by atoms with E-state index in [1.165, 1.54) is 4.90 Å². The number of thioether (sulfide) groups is 1. The molecule has 28 heavy (non-hydrogen) atoms. The minimum atomic E-state index is -0.285. The number of benzene rings is 2. The van der Waals surface area contributed by atoms with Crippen LogP contribution in [0.1, 0.15) is 16.7 Å². The number of fused-ring (bicyclic) bond motifs is 1. The second-order valence-corrected chi connectivity index (χ2v) is 7.63. The van der Waals surface area contributed by atoms with Gasteiger partial charge in [0.05, 0.1) is 17.5 Å². The molecule has 1 saturated heterocycles. The molecule has 4 rings (SSSR count). The SMILES string of the molecule is Cc1ccc(CN2C(=O)SC(=Cc3cn(CC#N)c4ccccc34)C2=O)cc1. The number of amides is 2. The number of hydrogen-bond donors (Lipinski definition) is 0. The smallest absolute Gasteiger partial charge is 0.293 e. The molecular formula is C22H17N3O2S. The van der Waals surface area contributed by atoms with Crippen LogP contribution in [0.15, 0.2) is 59.6 Å². The van der Waals surface area contributed by atoms with Crippen molar-refractivity contribution >= 4 is 39.9 Å². The van der Waals surface area contributed by atoms with Gasteiger partial charge in [0.25, 0.3) is 11.1 Å². The molecule has 0 aliphatic carbocycles. The van der Waals surface area contributed by atoms with Crippen molar-refractivity contribution in [3.8, 4) is 6.07 Å². The average Bonchev–Trinajstić information content (AvgIpc) is 3.17. The summed E-state index contributed by atoms with van der Waals surface area (Å²) >= 11 is 0.954. The summed E-state index contributed by atoms with van der Waals surface area (Å²) in [6.45, 7) is 2.48. The molecule has 1 fully saturated rings. The second kappa shape index (κ2) is 7.37. The van der Waals surface area contributed by atoms with Crippen molar-refractivity contribution in [3.63, 3.8) is 0 Å². The number of aryl methyl sites for hydroxylation is 1. The molecule has 3 aromatic rings. The molecule has 138 valence electrons. The molecule has 0 bridgehead atoms. The number of hydrogen-bond acceptors (Lipinski definition) is 4. The highest BCUT2D eigenvalue weighted by Crippen LogP contribution is 2.35. The van der Waals surface area contributed by atoms with Gasteiger partial charge in [0.2, 0.25) is 0 Å². The molecule has 5 nitrogen and oxygen atoms in total. The fourth-order valence-electron chi connectivity index (χ4n) is 3.25. The number of para-hydroxylation sites is 1. The van der Waals surface area contributed by atoms with E-state index in [2.05, 4.69) is 6.07 Å². The first-order chi connectivity index (χ1) is 13.6. The van der Waals surface area contributed by atoms with E-state index in [1.807, 2.05) is 66.2 Å². The molecule has 0 saturated carbocycles. The highest BCUT2D eigenvalue weighted by atomic mass is 32.2. The number of carbonyl (C=O) groups is 2. The van der Waals surface area contributed by atoms with Gasteiger partial charge < -0.3 is 4.57 Å². The van der Waals surface area contributed by atoms with Crippen molar-refractivity contribution in [2.45, 2.75) is 20.0 Å². The van der Waals surface area contributed by atoms with Gasteiger partial charge >= 0.3 is 0 Å². The van der Waals surface area contributed by atoms with Gasteiger partial charge in [0.15, 0.2) is 0 Å². The van der Waals surface area contributed by atoms with Crippen LogP contribution in [0.3, 0.4) is 0 Å². The number of nitrogens with zero attached hydrogens (tertiary/aromatic N) is 3. The van der Waals surface area contributed by atoms with Crippen LogP contribution in [0.2, 0.25) is 0 Å². The third-order valence-corrected chi connectivity index (χ3v) is 5.59. The van der Waals surface area contributed by atoms with Gasteiger partial charge in [-0.2, -0.15) is 5.26 Å². The maximum Gasteiger partial charge on any atom is 0.293 e. The Morgan fingerprint density at radius 3 is 2.61 bits per heavy atom. The van der Waals surface area contributed by atoms with Crippen LogP contribution in [-0.2, 0) is 17.9 Å². The molecule has 0 atom stereocenters. The normalized spacial score (nSPS) is 15.6. The van der Waals surface area contributed by atoms with E-state index in [-0.39, 0.29) is 24.2 Å². The zero-order valence-corrected chi connectivity index (χ0v) is 16.1. The number of rotatable bonds is 4. The van der Waals surface area contributed by atoms with Gasteiger partial charge in [-0.05, 0) is 36.4 Å². The third kappa shape index (κ3) is 3.32. The highest BCUT2D eigenvalue weighted by Gasteiger charge is 2.35. The molecule has 1 aliphatic rings. The van der Waals surface area contributed by atoms with Crippen molar-refractivity contribution in [3.05, 3.63) is 76.3 Å². The lowest BCUT2D eigenvalue weighted by atomic mass is 10.1. The van der Waals surface area contributed by atoms with Gasteiger partial charge in [0.1, 0.15) is 6.54 Å². The number of imide groups is 1. The van der Waals surface area contributed by atoms with Crippen LogP contribution >= 0.6 is 11.8 Å². The largest absolute Gasteiger partial charge is 0.333 e. The molecule has 6 heteroatoms. The summed E-state index contributed by atoms with van der Waals surface area (Å²) in [6.07, 6.45) is 3.60. The molecule has 1 aliphatic heterocycles. The van der Waals surface area contributed by atoms with Crippen molar-refractivity contribution in [2.24, 2.45) is 0 Å². The molecule has 0 N–H and O–H groups in total. The predicted molar refractivity (Wildman–Crippen MR) is 110 cm³/mol. The van der Waals surface area contributed by atoms with Crippen molar-refractivity contribution in [1.29, 1.82) is 5.26 Å². The average molecular weight is 387 g/mol. The zero-order chi connectivity index (χ0) is 19.7. The first kappa shape index (κ1) is 18.1. The van der Waals surface area contributed by atoms with Crippen LogP contribution < -0.4 is 0 Å². The first-order valence-electron chi connectivity index (χ1n) is 8.82. The van der Waals surface area contributed by atoms with E-state index in [4.69, 9.17) is 5.26 Å². The van der Waals surface area contributed by atoms with Gasteiger partial charge in [0, 0.05) is 22.7 Å². The Balaban J connectivity index is 1.65. The summed E-state index contributed by atoms with van der Waals surface area (Å²) in [5.41, 5.74) is 3.80. The molecule has 0 radical (unpaired) electrons. The minimum Gasteiger partial charge on any atom is -0.333 e. The Morgan fingerprint density at radius 1 is 1.11 bits per heavy atom. The van der Waals surface area contributed by atoms with Crippen molar-refractivity contribution in [2.75, 3.05) is 0 Å². The molecule has 0 spiro atoms. The van der Waals surface area contributed by atoms with Gasteiger partial charge in [-0.25, -0.2) is 0 Å². The van der Waals surface area contributed by atoms with E-state index < -0.39 is 0 Å². The van der Waals surface area contributed by atoms with Crippen LogP contribution in [0, 0.1) is 18.3 Å². The Morgan fingerprint density at radius 2 is 1.86 bits per heavy atom. The van der Waals surface area contributed by atoms with E-state index in [1.54, 1.807) is 6.08 Å². The Labute approximate surface area is 166 Å². The van der Waals surface area contributed by atoms with Crippen molar-refractivity contribution < 1.29 is 9.59 Å². The van der Waals surface area contributed by atoms with E-state index in [0.29, 0.717) is 4.91 Å². The lowest BCUT2D eigenvalue weighted by molar-refractivity contribution is -0.123. The zero-order valence-electron chi connectivity index (χ0n) is 15.3. The predicted octanol–water partition coefficient (Wildman–Crippen LogP) is 4.71. The first-order valence-corrected chi connectivity index (χ1v) is 9.64. The third-order valence-electron chi connectivity index (χ3n) is 4.68. The number of carbonyl (C=O) groups excluding carboxylic acids is 2. The Hall–Kier alpha value is -3.30. The molecule has 2 heterocycles. The Kier molecular flexibility index (Phi) is 4.76. The van der Waals surface area contributed by atoms with Gasteiger partial charge in [-0.3, -0.25) is 14.5 Å². The summed E-state index contributed by atoms with van der Waals surface area (Å²) < 4.78 is 1.84. The Bertz CT molecular complexity index is 1150. The monoisotopic (exact) mass is 387 g/mol. The standard InChI is InChI=1S/C22H17N3O2S/c1-15-6-8-16(9-7-15)13-25-21(26)20(28-22(25)27)12-17-14-24(11-10-23)19-5-3-2-4-18(17)19/h2-9,12,14H,11,13H2,1H3. The van der Waals surface area contributed by atoms with Crippen LogP contribution in [0.4, 0.5) is 4.79 Å². The van der Waals surface area contributed by atoms with Crippen LogP contribution in [-0.4, -0.2) is 20.6 Å². The van der Waals surface area contributed by atoms with E-state index >= 15 is 0 Å². The fourth-order valence-corrected chi connectivity index (χ4v) is 4.08. The van der Waals surface area contributed by atoms with Crippen molar-refractivity contribution in [1.82, 2.24) is 9.47 Å². The van der Waals surface area contributed by atoms with E-state index in [9.17, 15) is 9.59 Å². The van der Waals surface area contributed by atoms with Crippen LogP contribution in [0.5, 0.6) is 0 Å². The molecule has 2 amide bonds. The maximum atomic E-state index is 12.8. The summed E-state index contributed by atoms with van der Waals surface area (Å²) in [4.78, 5) is 26.9. The topological polar surface area (TPSA) is 66.1 Å². The summed E-state index contributed by atoms with van der Waals surface area (Å²) in [5.74, 6) is -0.285. The summed E-state index contributed by atoms with van der Waals surface area (Å²) in [5, 5.41) is 9.73. The number of nitriles is 1. The van der Waals surface area contributed by atoms with Crippen LogP contribution in [0.25, 0.3) is 17.0 Å². The van der Waals surface area contributed by atoms with E-state index in [0.717, 1.165) is 39.4 Å². The molecule has 0 unspecified atom stereocenters. The summed E-state index contributed by atoms with van der Waals surface area (Å²) in [7, 11) is 0. The lowest BCUT2D eigenvalue weighted by Crippen LogP contribution is -2.27. The maximum absolute atomic E-state index is 12.8. The minimum absolute atomic E-state index is 0.225. The lowest BCUT2D eigenvalue weighted by Gasteiger charge is -2.12. The number of aromatic nitrogens is 1. The molecule has 1 aromatic heterocycles. The highest BCUT2D eigenvalue weighted by molar-refractivity contribution is 8.18. The fraction of sp³-hybridized carbons (Fsp3) is 0.136.